The Bertz CT molecular complexity index is 1640. The van der Waals surface area contributed by atoms with Crippen LogP contribution in [0.1, 0.15) is 53.8 Å². The van der Waals surface area contributed by atoms with Gasteiger partial charge in [-0.2, -0.15) is 0 Å². The molecule has 2 aliphatic rings. The summed E-state index contributed by atoms with van der Waals surface area (Å²) < 4.78 is 50.1. The smallest absolute Gasteiger partial charge is 0.496 e. The second-order valence-corrected chi connectivity index (χ2v) is 10.9. The number of nitrogens with zero attached hydrogens (tertiary/aromatic N) is 3. The number of ether oxygens (including phenoxy) is 2. The van der Waals surface area contributed by atoms with Crippen molar-refractivity contribution in [3.63, 3.8) is 0 Å². The van der Waals surface area contributed by atoms with Gasteiger partial charge in [0.2, 0.25) is 5.82 Å². The normalized spacial score (nSPS) is 16.3. The standard InChI is InChI=1S/C30H29F3N4O4/c1-17-5-3-6-18(13-17)23-15-22-25(37(23)16-19-9-10-21(14-24(19)40-2)41-30(31,32)33)26(35-27(34-22)28(38)39)36-29(11-12-29)20-7-4-8-20/h3,5-6,9-10,13-15,20H,4,7-8,11-12,16H2,1-2H3,(H,38,39)(H,34,35,36). The van der Waals surface area contributed by atoms with Gasteiger partial charge in [0.15, 0.2) is 5.82 Å². The number of alkyl halides is 3. The molecule has 2 N–H and O–H groups in total. The van der Waals surface area contributed by atoms with Crippen LogP contribution in [0.2, 0.25) is 0 Å². The molecule has 2 saturated carbocycles. The van der Waals surface area contributed by atoms with Crippen molar-refractivity contribution < 1.29 is 32.5 Å². The Kier molecular flexibility index (Phi) is 6.55. The fourth-order valence-corrected chi connectivity index (χ4v) is 5.75. The van der Waals surface area contributed by atoms with Gasteiger partial charge in [-0.1, -0.05) is 30.2 Å². The lowest BCUT2D eigenvalue weighted by Gasteiger charge is -2.35. The van der Waals surface area contributed by atoms with Crippen molar-refractivity contribution in [2.45, 2.75) is 57.5 Å². The van der Waals surface area contributed by atoms with Crippen molar-refractivity contribution in [2.24, 2.45) is 5.92 Å². The monoisotopic (exact) mass is 566 g/mol. The molecular weight excluding hydrogens is 537 g/mol. The van der Waals surface area contributed by atoms with Crippen molar-refractivity contribution in [3.05, 3.63) is 65.5 Å². The lowest BCUT2D eigenvalue weighted by molar-refractivity contribution is -0.274. The summed E-state index contributed by atoms with van der Waals surface area (Å²) in [5.74, 6) is -0.760. The van der Waals surface area contributed by atoms with Crippen LogP contribution in [-0.4, -0.2) is 44.6 Å². The molecular formula is C30H29F3N4O4. The van der Waals surface area contributed by atoms with Crippen molar-refractivity contribution in [1.29, 1.82) is 0 Å². The van der Waals surface area contributed by atoms with Crippen molar-refractivity contribution in [2.75, 3.05) is 12.4 Å². The van der Waals surface area contributed by atoms with Crippen molar-refractivity contribution >= 4 is 22.8 Å². The van der Waals surface area contributed by atoms with Crippen LogP contribution in [0.3, 0.4) is 0 Å². The molecule has 0 radical (unpaired) electrons. The number of fused-ring (bicyclic) bond motifs is 1. The summed E-state index contributed by atoms with van der Waals surface area (Å²) in [5.41, 5.74) is 4.22. The molecule has 0 atom stereocenters. The summed E-state index contributed by atoms with van der Waals surface area (Å²) in [4.78, 5) is 20.9. The van der Waals surface area contributed by atoms with E-state index in [9.17, 15) is 23.1 Å². The number of aryl methyl sites for hydroxylation is 1. The largest absolute Gasteiger partial charge is 0.573 e. The quantitative estimate of drug-likeness (QED) is 0.230. The molecule has 11 heteroatoms. The average Bonchev–Trinajstić information content (AvgIpc) is 3.53. The first kappa shape index (κ1) is 26.9. The summed E-state index contributed by atoms with van der Waals surface area (Å²) in [6.07, 6.45) is 0.533. The van der Waals surface area contributed by atoms with Gasteiger partial charge in [-0.05, 0) is 68.4 Å². The van der Waals surface area contributed by atoms with E-state index in [1.54, 1.807) is 0 Å². The van der Waals surface area contributed by atoms with Crippen LogP contribution in [0.25, 0.3) is 22.3 Å². The molecule has 4 aromatic rings. The van der Waals surface area contributed by atoms with E-state index in [0.717, 1.165) is 42.5 Å². The molecule has 0 aliphatic heterocycles. The number of rotatable bonds is 9. The number of hydrogen-bond acceptors (Lipinski definition) is 6. The van der Waals surface area contributed by atoms with E-state index in [-0.39, 0.29) is 29.4 Å². The van der Waals surface area contributed by atoms with Gasteiger partial charge < -0.3 is 24.5 Å². The van der Waals surface area contributed by atoms with Crippen LogP contribution in [0.5, 0.6) is 11.5 Å². The number of carboxylic acid groups (broad SMARTS) is 1. The molecule has 2 fully saturated rings. The Labute approximate surface area is 234 Å². The zero-order valence-corrected chi connectivity index (χ0v) is 22.6. The Morgan fingerprint density at radius 3 is 2.54 bits per heavy atom. The van der Waals surface area contributed by atoms with Crippen LogP contribution in [-0.2, 0) is 6.54 Å². The molecule has 0 spiro atoms. The number of anilines is 1. The highest BCUT2D eigenvalue weighted by molar-refractivity contribution is 5.95. The van der Waals surface area contributed by atoms with Gasteiger partial charge in [0.1, 0.15) is 17.0 Å². The number of benzene rings is 2. The number of halogens is 3. The molecule has 0 saturated heterocycles. The SMILES string of the molecule is COc1cc(OC(F)(F)F)ccc1Cn1c(-c2cccc(C)c2)cc2nc(C(=O)O)nc(NC3(C4CCC4)CC3)c21. The lowest BCUT2D eigenvalue weighted by Crippen LogP contribution is -2.36. The Balaban J connectivity index is 1.52. The second kappa shape index (κ2) is 9.97. The topological polar surface area (TPSA) is 98.5 Å². The van der Waals surface area contributed by atoms with E-state index in [1.165, 1.54) is 31.7 Å². The number of hydrogen-bond donors (Lipinski definition) is 2. The molecule has 0 bridgehead atoms. The molecule has 2 aromatic carbocycles. The Morgan fingerprint density at radius 2 is 1.93 bits per heavy atom. The molecule has 0 unspecified atom stereocenters. The predicted octanol–water partition coefficient (Wildman–Crippen LogP) is 6.81. The molecule has 8 nitrogen and oxygen atoms in total. The summed E-state index contributed by atoms with van der Waals surface area (Å²) in [6.45, 7) is 2.17. The van der Waals surface area contributed by atoms with Crippen LogP contribution in [0, 0.1) is 12.8 Å². The maximum atomic E-state index is 12.9. The van der Waals surface area contributed by atoms with Crippen LogP contribution >= 0.6 is 0 Å². The van der Waals surface area contributed by atoms with E-state index in [4.69, 9.17) is 4.74 Å². The number of carboxylic acids is 1. The van der Waals surface area contributed by atoms with Gasteiger partial charge in [-0.15, -0.1) is 13.2 Å². The highest BCUT2D eigenvalue weighted by Gasteiger charge is 2.51. The zero-order chi connectivity index (χ0) is 28.9. The summed E-state index contributed by atoms with van der Waals surface area (Å²) in [6, 6.07) is 13.7. The molecule has 214 valence electrons. The average molecular weight is 567 g/mol. The van der Waals surface area contributed by atoms with Gasteiger partial charge in [-0.3, -0.25) is 0 Å². The number of methoxy groups -OCH3 is 1. The van der Waals surface area contributed by atoms with Gasteiger partial charge in [0.25, 0.3) is 0 Å². The summed E-state index contributed by atoms with van der Waals surface area (Å²) in [5, 5.41) is 13.4. The molecule has 41 heavy (non-hydrogen) atoms. The summed E-state index contributed by atoms with van der Waals surface area (Å²) in [7, 11) is 1.39. The number of carbonyl (C=O) groups is 1. The fourth-order valence-electron chi connectivity index (χ4n) is 5.75. The third kappa shape index (κ3) is 5.28. The fraction of sp³-hybridized carbons (Fsp3) is 0.367. The van der Waals surface area contributed by atoms with Crippen molar-refractivity contribution in [3.8, 4) is 22.8 Å². The highest BCUT2D eigenvalue weighted by atomic mass is 19.4. The first-order chi connectivity index (χ1) is 19.5. The Morgan fingerprint density at radius 1 is 1.15 bits per heavy atom. The van der Waals surface area contributed by atoms with Gasteiger partial charge in [0.05, 0.1) is 24.9 Å². The summed E-state index contributed by atoms with van der Waals surface area (Å²) >= 11 is 0. The van der Waals surface area contributed by atoms with E-state index >= 15 is 0 Å². The third-order valence-corrected chi connectivity index (χ3v) is 8.11. The molecule has 2 heterocycles. The minimum absolute atomic E-state index is 0.123. The zero-order valence-electron chi connectivity index (χ0n) is 22.6. The van der Waals surface area contributed by atoms with Gasteiger partial charge in [0, 0.05) is 17.2 Å². The van der Waals surface area contributed by atoms with E-state index in [1.807, 2.05) is 41.8 Å². The van der Waals surface area contributed by atoms with E-state index in [2.05, 4.69) is 20.0 Å². The lowest BCUT2D eigenvalue weighted by atomic mass is 9.78. The van der Waals surface area contributed by atoms with E-state index in [0.29, 0.717) is 28.3 Å². The number of aromatic carboxylic acids is 1. The Hall–Kier alpha value is -4.28. The number of aromatic nitrogens is 3. The van der Waals surface area contributed by atoms with Crippen LogP contribution in [0.4, 0.5) is 19.0 Å². The number of nitrogens with one attached hydrogen (secondary N) is 1. The predicted molar refractivity (Wildman–Crippen MR) is 146 cm³/mol. The van der Waals surface area contributed by atoms with Crippen molar-refractivity contribution in [1.82, 2.24) is 14.5 Å². The minimum atomic E-state index is -4.83. The first-order valence-electron chi connectivity index (χ1n) is 13.5. The molecule has 0 amide bonds. The maximum absolute atomic E-state index is 12.9. The molecule has 6 rings (SSSR count). The highest BCUT2D eigenvalue weighted by Crippen LogP contribution is 2.53. The maximum Gasteiger partial charge on any atom is 0.573 e. The van der Waals surface area contributed by atoms with Crippen LogP contribution in [0.15, 0.2) is 48.5 Å². The van der Waals surface area contributed by atoms with Crippen LogP contribution < -0.4 is 14.8 Å². The molecule has 2 aliphatic carbocycles. The van der Waals surface area contributed by atoms with Gasteiger partial charge in [-0.25, -0.2) is 14.8 Å². The van der Waals surface area contributed by atoms with E-state index < -0.39 is 12.3 Å². The second-order valence-electron chi connectivity index (χ2n) is 10.9. The third-order valence-electron chi connectivity index (χ3n) is 8.11. The molecule has 2 aromatic heterocycles. The first-order valence-corrected chi connectivity index (χ1v) is 13.5. The minimum Gasteiger partial charge on any atom is -0.496 e. The van der Waals surface area contributed by atoms with Gasteiger partial charge >= 0.3 is 12.3 Å².